The number of hydrogen-bond acceptors (Lipinski definition) is 6. The summed E-state index contributed by atoms with van der Waals surface area (Å²) in [5.41, 5.74) is 3.92. The van der Waals surface area contributed by atoms with Crippen molar-refractivity contribution in [1.29, 1.82) is 0 Å². The number of fused-ring (bicyclic) bond motifs is 2. The van der Waals surface area contributed by atoms with Crippen molar-refractivity contribution in [3.05, 3.63) is 36.2 Å². The first-order chi connectivity index (χ1) is 14.2. The molecule has 0 fully saturated rings. The lowest BCUT2D eigenvalue weighted by molar-refractivity contribution is 0.181. The SMILES string of the molecule is Cc1ccc2c(-c3cnc4[nH]cc(OC(=O)NC(C)(C)CN(C)C)c4n3)n[nH]c2c1. The predicted octanol–water partition coefficient (Wildman–Crippen LogP) is 3.24. The number of likely N-dealkylation sites (N-methyl/N-ethyl adjacent to an activating group) is 1. The zero-order valence-corrected chi connectivity index (χ0v) is 17.7. The maximum absolute atomic E-state index is 12.4. The Hall–Kier alpha value is -3.46. The lowest BCUT2D eigenvalue weighted by Crippen LogP contribution is -2.50. The Balaban J connectivity index is 1.62. The zero-order chi connectivity index (χ0) is 21.5. The van der Waals surface area contributed by atoms with E-state index in [4.69, 9.17) is 4.74 Å². The van der Waals surface area contributed by atoms with Gasteiger partial charge in [-0.2, -0.15) is 5.10 Å². The van der Waals surface area contributed by atoms with Gasteiger partial charge in [0, 0.05) is 18.1 Å². The third-order valence-corrected chi connectivity index (χ3v) is 4.66. The largest absolute Gasteiger partial charge is 0.413 e. The minimum Gasteiger partial charge on any atom is -0.406 e. The van der Waals surface area contributed by atoms with Crippen LogP contribution in [0.25, 0.3) is 33.5 Å². The highest BCUT2D eigenvalue weighted by atomic mass is 16.6. The van der Waals surface area contributed by atoms with E-state index in [9.17, 15) is 4.79 Å². The van der Waals surface area contributed by atoms with Crippen molar-refractivity contribution in [3.63, 3.8) is 0 Å². The quantitative estimate of drug-likeness (QED) is 0.468. The first kappa shape index (κ1) is 19.8. The second-order valence-electron chi connectivity index (χ2n) is 8.36. The average molecular weight is 407 g/mol. The van der Waals surface area contributed by atoms with E-state index in [1.165, 1.54) is 0 Å². The van der Waals surface area contributed by atoms with Gasteiger partial charge in [-0.3, -0.25) is 5.10 Å². The van der Waals surface area contributed by atoms with Gasteiger partial charge in [0.05, 0.1) is 17.3 Å². The van der Waals surface area contributed by atoms with Crippen LogP contribution >= 0.6 is 0 Å². The first-order valence-corrected chi connectivity index (χ1v) is 9.66. The van der Waals surface area contributed by atoms with Crippen LogP contribution in [0.3, 0.4) is 0 Å². The maximum atomic E-state index is 12.4. The van der Waals surface area contributed by atoms with Gasteiger partial charge in [0.15, 0.2) is 16.9 Å². The molecule has 0 saturated carbocycles. The standard InChI is InChI=1S/C21H25N7O2/c1-12-6-7-13-14(8-12)26-27-17(13)15-9-22-19-18(24-15)16(10-23-19)30-20(29)25-21(2,3)11-28(4)5/h6-10H,11H2,1-5H3,(H,22,23)(H,25,29)(H,26,27). The Morgan fingerprint density at radius 3 is 2.87 bits per heavy atom. The number of amides is 1. The van der Waals surface area contributed by atoms with Crippen LogP contribution in [0.1, 0.15) is 19.4 Å². The number of aryl methyl sites for hydroxylation is 1. The van der Waals surface area contributed by atoms with Gasteiger partial charge in [0.25, 0.3) is 0 Å². The van der Waals surface area contributed by atoms with Crippen molar-refractivity contribution in [2.24, 2.45) is 0 Å². The lowest BCUT2D eigenvalue weighted by Gasteiger charge is -2.28. The minimum absolute atomic E-state index is 0.313. The Morgan fingerprint density at radius 1 is 1.30 bits per heavy atom. The smallest absolute Gasteiger partial charge is 0.406 e. The third kappa shape index (κ3) is 3.97. The molecular weight excluding hydrogens is 382 g/mol. The summed E-state index contributed by atoms with van der Waals surface area (Å²) in [7, 11) is 3.90. The van der Waals surface area contributed by atoms with Crippen molar-refractivity contribution in [2.45, 2.75) is 26.3 Å². The van der Waals surface area contributed by atoms with Crippen molar-refractivity contribution in [2.75, 3.05) is 20.6 Å². The molecule has 0 unspecified atom stereocenters. The molecule has 156 valence electrons. The monoisotopic (exact) mass is 407 g/mol. The maximum Gasteiger partial charge on any atom is 0.413 e. The van der Waals surface area contributed by atoms with Crippen LogP contribution in [0, 0.1) is 6.92 Å². The molecule has 3 heterocycles. The molecule has 3 aromatic heterocycles. The van der Waals surface area contributed by atoms with Gasteiger partial charge in [0.1, 0.15) is 11.4 Å². The number of hydrogen-bond donors (Lipinski definition) is 3. The number of H-pyrrole nitrogens is 2. The summed E-state index contributed by atoms with van der Waals surface area (Å²) in [5.74, 6) is 0.313. The molecule has 1 aromatic carbocycles. The van der Waals surface area contributed by atoms with Crippen molar-refractivity contribution in [3.8, 4) is 17.1 Å². The van der Waals surface area contributed by atoms with Gasteiger partial charge >= 0.3 is 6.09 Å². The summed E-state index contributed by atoms with van der Waals surface area (Å²) < 4.78 is 5.53. The van der Waals surface area contributed by atoms with E-state index in [2.05, 4.69) is 30.5 Å². The van der Waals surface area contributed by atoms with E-state index >= 15 is 0 Å². The summed E-state index contributed by atoms with van der Waals surface area (Å²) >= 11 is 0. The zero-order valence-electron chi connectivity index (χ0n) is 17.7. The van der Waals surface area contributed by atoms with Gasteiger partial charge in [-0.05, 0) is 46.5 Å². The molecule has 9 heteroatoms. The molecule has 0 spiro atoms. The van der Waals surface area contributed by atoms with E-state index in [0.29, 0.717) is 34.8 Å². The molecule has 9 nitrogen and oxygen atoms in total. The number of nitrogens with one attached hydrogen (secondary N) is 3. The number of benzene rings is 1. The van der Waals surface area contributed by atoms with E-state index in [1.807, 2.05) is 58.0 Å². The van der Waals surface area contributed by atoms with E-state index in [-0.39, 0.29) is 0 Å². The van der Waals surface area contributed by atoms with Crippen LogP contribution < -0.4 is 10.1 Å². The Labute approximate surface area is 173 Å². The van der Waals surface area contributed by atoms with Gasteiger partial charge in [-0.25, -0.2) is 14.8 Å². The van der Waals surface area contributed by atoms with E-state index in [1.54, 1.807) is 12.4 Å². The highest BCUT2D eigenvalue weighted by molar-refractivity contribution is 5.93. The Bertz CT molecular complexity index is 1220. The Kier molecular flexibility index (Phi) is 4.90. The van der Waals surface area contributed by atoms with Crippen molar-refractivity contribution >= 4 is 28.2 Å². The number of nitrogens with zero attached hydrogens (tertiary/aromatic N) is 4. The summed E-state index contributed by atoms with van der Waals surface area (Å²) in [6.07, 6.45) is 2.69. The molecule has 0 bridgehead atoms. The fourth-order valence-electron chi connectivity index (χ4n) is 3.62. The topological polar surface area (TPSA) is 112 Å². The molecule has 3 N–H and O–H groups in total. The van der Waals surface area contributed by atoms with Gasteiger partial charge in [0.2, 0.25) is 0 Å². The molecule has 0 atom stereocenters. The van der Waals surface area contributed by atoms with Crippen molar-refractivity contribution < 1.29 is 9.53 Å². The van der Waals surface area contributed by atoms with Crippen LogP contribution in [-0.4, -0.2) is 62.3 Å². The van der Waals surface area contributed by atoms with Crippen LogP contribution in [0.2, 0.25) is 0 Å². The number of aromatic nitrogens is 5. The van der Waals surface area contributed by atoms with Crippen molar-refractivity contribution in [1.82, 2.24) is 35.4 Å². The van der Waals surface area contributed by atoms with Gasteiger partial charge in [-0.15, -0.1) is 0 Å². The summed E-state index contributed by atoms with van der Waals surface area (Å²) in [4.78, 5) is 26.5. The average Bonchev–Trinajstić information content (AvgIpc) is 3.23. The molecular formula is C21H25N7O2. The van der Waals surface area contributed by atoms with Crippen LogP contribution in [-0.2, 0) is 0 Å². The number of carbonyl (C=O) groups excluding carboxylic acids is 1. The summed E-state index contributed by atoms with van der Waals surface area (Å²) in [6, 6.07) is 6.06. The van der Waals surface area contributed by atoms with Gasteiger partial charge < -0.3 is 19.9 Å². The second kappa shape index (κ2) is 7.42. The molecule has 4 aromatic rings. The molecule has 0 saturated heterocycles. The molecule has 0 radical (unpaired) electrons. The number of ether oxygens (including phenoxy) is 1. The fourth-order valence-corrected chi connectivity index (χ4v) is 3.62. The van der Waals surface area contributed by atoms with E-state index in [0.717, 1.165) is 16.5 Å². The van der Waals surface area contributed by atoms with Crippen LogP contribution in [0.5, 0.6) is 5.75 Å². The van der Waals surface area contributed by atoms with Gasteiger partial charge in [-0.1, -0.05) is 12.1 Å². The molecule has 0 aliphatic rings. The minimum atomic E-state index is -0.546. The summed E-state index contributed by atoms with van der Waals surface area (Å²) in [6.45, 7) is 6.57. The highest BCUT2D eigenvalue weighted by Gasteiger charge is 2.23. The van der Waals surface area contributed by atoms with Crippen LogP contribution in [0.4, 0.5) is 4.79 Å². The normalized spacial score (nSPS) is 12.1. The summed E-state index contributed by atoms with van der Waals surface area (Å²) in [5, 5.41) is 11.3. The lowest BCUT2D eigenvalue weighted by atomic mass is 10.1. The Morgan fingerprint density at radius 2 is 2.10 bits per heavy atom. The molecule has 4 rings (SSSR count). The molecule has 0 aliphatic heterocycles. The third-order valence-electron chi connectivity index (χ3n) is 4.66. The number of rotatable bonds is 5. The molecule has 30 heavy (non-hydrogen) atoms. The number of aromatic amines is 2. The second-order valence-corrected chi connectivity index (χ2v) is 8.36. The highest BCUT2D eigenvalue weighted by Crippen LogP contribution is 2.29. The number of carbonyl (C=O) groups is 1. The fraction of sp³-hybridized carbons (Fsp3) is 0.333. The molecule has 0 aliphatic carbocycles. The first-order valence-electron chi connectivity index (χ1n) is 9.66. The molecule has 1 amide bonds. The predicted molar refractivity (Wildman–Crippen MR) is 116 cm³/mol. The van der Waals surface area contributed by atoms with Crippen LogP contribution in [0.15, 0.2) is 30.6 Å². The van der Waals surface area contributed by atoms with E-state index < -0.39 is 11.6 Å².